The molecule has 0 saturated heterocycles. The van der Waals surface area contributed by atoms with Crippen molar-refractivity contribution in [3.8, 4) is 11.5 Å². The molecule has 0 radical (unpaired) electrons. The number of sulfonamides is 1. The standard InChI is InChI=1S/C32H36ClN3O6S/c1-2-28(32(38)34-25-8-6-7-9-25)35(21-23-12-14-24(33)15-13-23)31(37)22-36(43(39,40)27-10-4-3-5-11-27)26-16-17-29-30(20-26)42-19-18-41-29/h3-5,10-17,20,25,28H,2,6-9,18-19,21-22H2,1H3,(H,34,38)/t28-/m1/s1. The molecular formula is C32H36ClN3O6S. The van der Waals surface area contributed by atoms with E-state index in [1.54, 1.807) is 60.7 Å². The summed E-state index contributed by atoms with van der Waals surface area (Å²) in [5.74, 6) is 0.133. The van der Waals surface area contributed by atoms with Gasteiger partial charge in [-0.3, -0.25) is 13.9 Å². The lowest BCUT2D eigenvalue weighted by Gasteiger charge is -2.34. The van der Waals surface area contributed by atoms with E-state index in [9.17, 15) is 18.0 Å². The van der Waals surface area contributed by atoms with Gasteiger partial charge >= 0.3 is 0 Å². The lowest BCUT2D eigenvalue weighted by Crippen LogP contribution is -2.53. The second-order valence-corrected chi connectivity index (χ2v) is 13.0. The second-order valence-electron chi connectivity index (χ2n) is 10.7. The second kappa shape index (κ2) is 13.7. The molecule has 0 bridgehead atoms. The Balaban J connectivity index is 1.51. The Kier molecular flexibility index (Phi) is 9.77. The van der Waals surface area contributed by atoms with Crippen molar-refractivity contribution in [1.82, 2.24) is 10.2 Å². The Morgan fingerprint density at radius 3 is 2.30 bits per heavy atom. The Labute approximate surface area is 257 Å². The number of rotatable bonds is 11. The monoisotopic (exact) mass is 625 g/mol. The summed E-state index contributed by atoms with van der Waals surface area (Å²) in [5, 5.41) is 3.67. The fourth-order valence-electron chi connectivity index (χ4n) is 5.51. The highest BCUT2D eigenvalue weighted by molar-refractivity contribution is 7.92. The molecule has 1 atom stereocenters. The number of carbonyl (C=O) groups is 2. The summed E-state index contributed by atoms with van der Waals surface area (Å²) in [6.07, 6.45) is 4.27. The highest BCUT2D eigenvalue weighted by atomic mass is 35.5. The van der Waals surface area contributed by atoms with Gasteiger partial charge in [-0.2, -0.15) is 0 Å². The van der Waals surface area contributed by atoms with Gasteiger partial charge in [-0.25, -0.2) is 8.42 Å². The topological polar surface area (TPSA) is 105 Å². The zero-order chi connectivity index (χ0) is 30.4. The van der Waals surface area contributed by atoms with Crippen molar-refractivity contribution in [2.75, 3.05) is 24.1 Å². The summed E-state index contributed by atoms with van der Waals surface area (Å²) >= 11 is 6.10. The molecule has 1 aliphatic carbocycles. The molecule has 1 heterocycles. The van der Waals surface area contributed by atoms with Crippen LogP contribution in [0.4, 0.5) is 5.69 Å². The normalized spacial score (nSPS) is 15.5. The first-order valence-corrected chi connectivity index (χ1v) is 16.4. The third kappa shape index (κ3) is 7.25. The van der Waals surface area contributed by atoms with Crippen LogP contribution in [0.15, 0.2) is 77.7 Å². The largest absolute Gasteiger partial charge is 0.486 e. The van der Waals surface area contributed by atoms with Crippen LogP contribution in [-0.4, -0.2) is 57.0 Å². The van der Waals surface area contributed by atoms with Gasteiger partial charge in [0.15, 0.2) is 11.5 Å². The minimum Gasteiger partial charge on any atom is -0.486 e. The van der Waals surface area contributed by atoms with E-state index in [2.05, 4.69) is 5.32 Å². The first-order chi connectivity index (χ1) is 20.8. The van der Waals surface area contributed by atoms with Crippen LogP contribution < -0.4 is 19.1 Å². The number of hydrogen-bond donors (Lipinski definition) is 1. The number of halogens is 1. The summed E-state index contributed by atoms with van der Waals surface area (Å²) in [7, 11) is -4.19. The SMILES string of the molecule is CC[C@H](C(=O)NC1CCCC1)N(Cc1ccc(Cl)cc1)C(=O)CN(c1ccc2c(c1)OCCO2)S(=O)(=O)c1ccccc1. The number of nitrogens with one attached hydrogen (secondary N) is 1. The zero-order valence-corrected chi connectivity index (χ0v) is 25.6. The van der Waals surface area contributed by atoms with Crippen LogP contribution in [0.1, 0.15) is 44.6 Å². The first kappa shape index (κ1) is 30.7. The predicted octanol–water partition coefficient (Wildman–Crippen LogP) is 5.17. The maximum atomic E-state index is 14.3. The summed E-state index contributed by atoms with van der Waals surface area (Å²) in [6.45, 7) is 2.13. The van der Waals surface area contributed by atoms with Gasteiger partial charge in [-0.05, 0) is 61.2 Å². The number of benzene rings is 3. The summed E-state index contributed by atoms with van der Waals surface area (Å²) in [4.78, 5) is 29.3. The van der Waals surface area contributed by atoms with E-state index in [1.165, 1.54) is 17.0 Å². The Morgan fingerprint density at radius 1 is 0.953 bits per heavy atom. The van der Waals surface area contributed by atoms with E-state index in [4.69, 9.17) is 21.1 Å². The molecule has 3 aromatic rings. The molecule has 0 unspecified atom stereocenters. The van der Waals surface area contributed by atoms with Gasteiger partial charge in [0.1, 0.15) is 25.8 Å². The van der Waals surface area contributed by atoms with Gasteiger partial charge in [0.25, 0.3) is 10.0 Å². The van der Waals surface area contributed by atoms with Crippen molar-refractivity contribution in [3.05, 3.63) is 83.4 Å². The van der Waals surface area contributed by atoms with Crippen molar-refractivity contribution >= 4 is 39.1 Å². The van der Waals surface area contributed by atoms with Gasteiger partial charge < -0.3 is 19.7 Å². The van der Waals surface area contributed by atoms with Gasteiger partial charge in [-0.15, -0.1) is 0 Å². The average molecular weight is 626 g/mol. The molecule has 2 aliphatic rings. The van der Waals surface area contributed by atoms with E-state index in [-0.39, 0.29) is 29.1 Å². The Bertz CT molecular complexity index is 1530. The van der Waals surface area contributed by atoms with Crippen LogP contribution >= 0.6 is 11.6 Å². The fourth-order valence-corrected chi connectivity index (χ4v) is 7.06. The van der Waals surface area contributed by atoms with Gasteiger partial charge in [0.2, 0.25) is 11.8 Å². The lowest BCUT2D eigenvalue weighted by molar-refractivity contribution is -0.140. The average Bonchev–Trinajstić information content (AvgIpc) is 3.53. The molecule has 43 heavy (non-hydrogen) atoms. The third-order valence-corrected chi connectivity index (χ3v) is 9.82. The molecule has 1 aliphatic heterocycles. The number of carbonyl (C=O) groups excluding carboxylic acids is 2. The van der Waals surface area contributed by atoms with Crippen LogP contribution in [0, 0.1) is 0 Å². The molecule has 5 rings (SSSR count). The molecule has 0 aromatic heterocycles. The van der Waals surface area contributed by atoms with Crippen LogP contribution in [0.25, 0.3) is 0 Å². The predicted molar refractivity (Wildman–Crippen MR) is 165 cm³/mol. The highest BCUT2D eigenvalue weighted by Gasteiger charge is 2.35. The van der Waals surface area contributed by atoms with Gasteiger partial charge in [-0.1, -0.05) is 61.7 Å². The van der Waals surface area contributed by atoms with Crippen molar-refractivity contribution in [2.45, 2.75) is 62.6 Å². The van der Waals surface area contributed by atoms with E-state index < -0.39 is 28.5 Å². The fraction of sp³-hybridized carbons (Fsp3) is 0.375. The lowest BCUT2D eigenvalue weighted by atomic mass is 10.1. The number of nitrogens with zero attached hydrogens (tertiary/aromatic N) is 2. The van der Waals surface area contributed by atoms with Gasteiger partial charge in [0, 0.05) is 23.7 Å². The van der Waals surface area contributed by atoms with E-state index in [1.807, 2.05) is 6.92 Å². The summed E-state index contributed by atoms with van der Waals surface area (Å²) in [6, 6.07) is 19.1. The summed E-state index contributed by atoms with van der Waals surface area (Å²) in [5.41, 5.74) is 1.01. The van der Waals surface area contributed by atoms with E-state index >= 15 is 0 Å². The molecule has 1 fully saturated rings. The van der Waals surface area contributed by atoms with Gasteiger partial charge in [0.05, 0.1) is 10.6 Å². The molecule has 228 valence electrons. The Morgan fingerprint density at radius 2 is 1.63 bits per heavy atom. The number of anilines is 1. The number of fused-ring (bicyclic) bond motifs is 1. The maximum Gasteiger partial charge on any atom is 0.264 e. The van der Waals surface area contributed by atoms with Crippen molar-refractivity contribution < 1.29 is 27.5 Å². The first-order valence-electron chi connectivity index (χ1n) is 14.6. The van der Waals surface area contributed by atoms with Crippen LogP contribution in [0.5, 0.6) is 11.5 Å². The highest BCUT2D eigenvalue weighted by Crippen LogP contribution is 2.36. The number of hydrogen-bond acceptors (Lipinski definition) is 6. The van der Waals surface area contributed by atoms with E-state index in [0.717, 1.165) is 35.6 Å². The van der Waals surface area contributed by atoms with Crippen molar-refractivity contribution in [2.24, 2.45) is 0 Å². The van der Waals surface area contributed by atoms with E-state index in [0.29, 0.717) is 36.2 Å². The molecule has 3 aromatic carbocycles. The van der Waals surface area contributed by atoms with Crippen molar-refractivity contribution in [3.63, 3.8) is 0 Å². The molecule has 2 amide bonds. The molecule has 0 spiro atoms. The van der Waals surface area contributed by atoms with Crippen molar-refractivity contribution in [1.29, 1.82) is 0 Å². The molecule has 1 N–H and O–H groups in total. The quantitative estimate of drug-likeness (QED) is 0.315. The zero-order valence-electron chi connectivity index (χ0n) is 24.1. The maximum absolute atomic E-state index is 14.3. The summed E-state index contributed by atoms with van der Waals surface area (Å²) < 4.78 is 40.5. The Hall–Kier alpha value is -3.76. The minimum absolute atomic E-state index is 0.0351. The number of amides is 2. The number of ether oxygens (including phenoxy) is 2. The van der Waals surface area contributed by atoms with Crippen LogP contribution in [0.2, 0.25) is 5.02 Å². The van der Waals surface area contributed by atoms with Crippen LogP contribution in [0.3, 0.4) is 0 Å². The molecular weight excluding hydrogens is 590 g/mol. The van der Waals surface area contributed by atoms with Crippen LogP contribution in [-0.2, 0) is 26.2 Å². The molecule has 9 nitrogen and oxygen atoms in total. The molecule has 1 saturated carbocycles. The smallest absolute Gasteiger partial charge is 0.264 e. The minimum atomic E-state index is -4.19. The molecule has 11 heteroatoms. The third-order valence-electron chi connectivity index (χ3n) is 7.78.